The number of nitrogens with zero attached hydrogens (tertiary/aromatic N) is 3. The molecule has 1 aromatic rings. The molecule has 0 saturated carbocycles. The third kappa shape index (κ3) is 3.27. The summed E-state index contributed by atoms with van der Waals surface area (Å²) in [5.41, 5.74) is 3.56. The average molecular weight is 264 g/mol. The Bertz CT molecular complexity index is 514. The van der Waals surface area contributed by atoms with Gasteiger partial charge in [-0.05, 0) is 12.1 Å². The number of carboxylic acid groups (broad SMARTS) is 1. The Hall–Kier alpha value is -2.45. The van der Waals surface area contributed by atoms with E-state index in [1.54, 1.807) is 29.4 Å². The van der Waals surface area contributed by atoms with Gasteiger partial charge in [0.1, 0.15) is 6.54 Å². The first-order valence-corrected chi connectivity index (χ1v) is 5.49. The Morgan fingerprint density at radius 1 is 1.42 bits per heavy atom. The van der Waals surface area contributed by atoms with Crippen LogP contribution in [0.15, 0.2) is 36.5 Å². The number of aliphatic carboxylic acids is 1. The van der Waals surface area contributed by atoms with Crippen molar-refractivity contribution in [3.05, 3.63) is 46.7 Å². The second kappa shape index (κ2) is 5.46. The number of carboxylic acids is 1. The highest BCUT2D eigenvalue weighted by Crippen LogP contribution is 2.19. The van der Waals surface area contributed by atoms with Gasteiger partial charge >= 0.3 is 5.97 Å². The van der Waals surface area contributed by atoms with Crippen molar-refractivity contribution in [3.63, 3.8) is 0 Å². The smallest absolute Gasteiger partial charge is 0.319 e. The molecule has 2 N–H and O–H groups in total. The molecule has 0 amide bonds. The van der Waals surface area contributed by atoms with Crippen molar-refractivity contribution in [2.45, 2.75) is 0 Å². The van der Waals surface area contributed by atoms with Crippen LogP contribution in [-0.2, 0) is 4.79 Å². The van der Waals surface area contributed by atoms with Crippen molar-refractivity contribution < 1.29 is 14.8 Å². The van der Waals surface area contributed by atoms with Gasteiger partial charge in [-0.1, -0.05) is 6.08 Å². The normalized spacial score (nSPS) is 15.5. The van der Waals surface area contributed by atoms with Crippen molar-refractivity contribution in [1.29, 1.82) is 0 Å². The van der Waals surface area contributed by atoms with Gasteiger partial charge in [-0.2, -0.15) is 5.53 Å². The summed E-state index contributed by atoms with van der Waals surface area (Å²) in [5.74, 6) is -0.938. The highest BCUT2D eigenvalue weighted by atomic mass is 16.6. The fraction of sp³-hybridized carbons (Fsp3) is 0.182. The minimum Gasteiger partial charge on any atom is -0.480 e. The number of benzene rings is 1. The van der Waals surface area contributed by atoms with Crippen molar-refractivity contribution in [2.75, 3.05) is 18.1 Å². The first-order chi connectivity index (χ1) is 9.06. The predicted molar refractivity (Wildman–Crippen MR) is 67.1 cm³/mol. The van der Waals surface area contributed by atoms with Gasteiger partial charge < -0.3 is 5.11 Å². The number of hydrogen-bond donors (Lipinski definition) is 2. The van der Waals surface area contributed by atoms with Crippen LogP contribution < -0.4 is 10.5 Å². The van der Waals surface area contributed by atoms with Crippen molar-refractivity contribution >= 4 is 17.3 Å². The van der Waals surface area contributed by atoms with E-state index in [4.69, 9.17) is 5.11 Å². The molecule has 0 spiro atoms. The second-order valence-corrected chi connectivity index (χ2v) is 3.90. The van der Waals surface area contributed by atoms with Crippen LogP contribution in [0.5, 0.6) is 0 Å². The number of hydrazine groups is 2. The molecule has 1 aromatic carbocycles. The fourth-order valence-electron chi connectivity index (χ4n) is 1.65. The van der Waals surface area contributed by atoms with Gasteiger partial charge in [-0.3, -0.25) is 19.9 Å². The minimum atomic E-state index is -0.938. The molecule has 8 nitrogen and oxygen atoms in total. The Morgan fingerprint density at radius 3 is 2.68 bits per heavy atom. The summed E-state index contributed by atoms with van der Waals surface area (Å²) >= 11 is 0. The number of nitrogens with one attached hydrogen (secondary N) is 1. The Labute approximate surface area is 108 Å². The second-order valence-electron chi connectivity index (χ2n) is 3.90. The lowest BCUT2D eigenvalue weighted by Gasteiger charge is -2.32. The maximum Gasteiger partial charge on any atom is 0.319 e. The van der Waals surface area contributed by atoms with E-state index in [2.05, 4.69) is 5.53 Å². The van der Waals surface area contributed by atoms with Crippen LogP contribution in [0.3, 0.4) is 0 Å². The van der Waals surface area contributed by atoms with Gasteiger partial charge in [-0.15, -0.1) is 0 Å². The van der Waals surface area contributed by atoms with Crippen LogP contribution in [0.1, 0.15) is 0 Å². The molecule has 0 saturated heterocycles. The van der Waals surface area contributed by atoms with Gasteiger partial charge in [-0.25, -0.2) is 5.01 Å². The standard InChI is InChI=1S/C11H12N4O4/c16-11(17)8-13-6-1-7-14(12-13)9-2-4-10(5-3-9)15(18)19/h1-5,7,12H,6,8H2,(H,16,17). The van der Waals surface area contributed by atoms with Crippen molar-refractivity contribution in [3.8, 4) is 0 Å². The summed E-state index contributed by atoms with van der Waals surface area (Å²) in [7, 11) is 0. The van der Waals surface area contributed by atoms with Crippen LogP contribution >= 0.6 is 0 Å². The van der Waals surface area contributed by atoms with Crippen LogP contribution in [0, 0.1) is 10.1 Å². The molecule has 0 aliphatic carbocycles. The maximum atomic E-state index is 10.6. The molecule has 0 atom stereocenters. The van der Waals surface area contributed by atoms with E-state index >= 15 is 0 Å². The Balaban J connectivity index is 2.09. The number of carbonyl (C=O) groups is 1. The van der Waals surface area contributed by atoms with E-state index in [9.17, 15) is 14.9 Å². The number of hydrogen-bond acceptors (Lipinski definition) is 6. The van der Waals surface area contributed by atoms with Gasteiger partial charge in [0.05, 0.1) is 10.6 Å². The molecule has 0 radical (unpaired) electrons. The largest absolute Gasteiger partial charge is 0.480 e. The number of non-ortho nitro benzene ring substituents is 1. The van der Waals surface area contributed by atoms with Crippen LogP contribution in [0.25, 0.3) is 0 Å². The quantitative estimate of drug-likeness (QED) is 0.611. The summed E-state index contributed by atoms with van der Waals surface area (Å²) in [4.78, 5) is 20.7. The summed E-state index contributed by atoms with van der Waals surface area (Å²) in [6, 6.07) is 5.95. The molecular weight excluding hydrogens is 252 g/mol. The lowest BCUT2D eigenvalue weighted by atomic mass is 10.3. The Kier molecular flexibility index (Phi) is 3.74. The zero-order chi connectivity index (χ0) is 13.8. The Morgan fingerprint density at radius 2 is 2.11 bits per heavy atom. The van der Waals surface area contributed by atoms with Gasteiger partial charge in [0.25, 0.3) is 5.69 Å². The molecule has 0 fully saturated rings. The molecule has 0 aromatic heterocycles. The topological polar surface area (TPSA) is 99.0 Å². The van der Waals surface area contributed by atoms with Gasteiger partial charge in [0.2, 0.25) is 0 Å². The fourth-order valence-corrected chi connectivity index (χ4v) is 1.65. The number of anilines is 1. The van der Waals surface area contributed by atoms with Crippen molar-refractivity contribution in [2.24, 2.45) is 0 Å². The first kappa shape index (κ1) is 13.0. The molecule has 1 aliphatic rings. The molecule has 2 rings (SSSR count). The van der Waals surface area contributed by atoms with E-state index in [0.29, 0.717) is 12.2 Å². The molecular formula is C11H12N4O4. The third-order valence-electron chi connectivity index (χ3n) is 2.49. The SMILES string of the molecule is O=C(O)CN1CC=CN(c2ccc([N+](=O)[O-])cc2)N1. The highest BCUT2D eigenvalue weighted by Gasteiger charge is 2.16. The number of rotatable bonds is 4. The van der Waals surface area contributed by atoms with Crippen molar-refractivity contribution in [1.82, 2.24) is 10.5 Å². The number of nitro groups is 1. The van der Waals surface area contributed by atoms with Gasteiger partial charge in [0.15, 0.2) is 0 Å². The zero-order valence-corrected chi connectivity index (χ0v) is 9.89. The zero-order valence-electron chi connectivity index (χ0n) is 9.89. The minimum absolute atomic E-state index is 0.00660. The number of nitro benzene ring substituents is 1. The van der Waals surface area contributed by atoms with E-state index < -0.39 is 10.9 Å². The molecule has 1 heterocycles. The lowest BCUT2D eigenvalue weighted by Crippen LogP contribution is -2.52. The monoisotopic (exact) mass is 264 g/mol. The van der Waals surface area contributed by atoms with E-state index in [0.717, 1.165) is 0 Å². The molecule has 100 valence electrons. The molecule has 0 unspecified atom stereocenters. The molecule has 19 heavy (non-hydrogen) atoms. The average Bonchev–Trinajstić information content (AvgIpc) is 2.38. The van der Waals surface area contributed by atoms with E-state index in [1.807, 2.05) is 0 Å². The lowest BCUT2D eigenvalue weighted by molar-refractivity contribution is -0.384. The van der Waals surface area contributed by atoms with E-state index in [-0.39, 0.29) is 12.2 Å². The summed E-state index contributed by atoms with van der Waals surface area (Å²) in [6.45, 7) is 0.323. The molecule has 0 bridgehead atoms. The van der Waals surface area contributed by atoms with Crippen LogP contribution in [0.4, 0.5) is 11.4 Å². The summed E-state index contributed by atoms with van der Waals surface area (Å²) in [5, 5.41) is 22.4. The van der Waals surface area contributed by atoms with E-state index in [1.165, 1.54) is 17.1 Å². The molecule has 8 heteroatoms. The predicted octanol–water partition coefficient (Wildman–Crippen LogP) is 0.735. The molecule has 1 aliphatic heterocycles. The third-order valence-corrected chi connectivity index (χ3v) is 2.49. The highest BCUT2D eigenvalue weighted by molar-refractivity contribution is 5.69. The first-order valence-electron chi connectivity index (χ1n) is 5.49. The summed E-state index contributed by atoms with van der Waals surface area (Å²) < 4.78 is 0. The summed E-state index contributed by atoms with van der Waals surface area (Å²) in [6.07, 6.45) is 3.53. The van der Waals surface area contributed by atoms with Crippen LogP contribution in [-0.4, -0.2) is 34.1 Å². The van der Waals surface area contributed by atoms with Gasteiger partial charge in [0, 0.05) is 24.9 Å². The van der Waals surface area contributed by atoms with Crippen LogP contribution in [0.2, 0.25) is 0 Å². The maximum absolute atomic E-state index is 10.6.